The molecule has 18 heavy (non-hydrogen) atoms. The number of phenols is 1. The van der Waals surface area contributed by atoms with Gasteiger partial charge in [-0.25, -0.2) is 4.98 Å². The predicted octanol–water partition coefficient (Wildman–Crippen LogP) is 2.03. The maximum atomic E-state index is 9.83. The van der Waals surface area contributed by atoms with Crippen LogP contribution in [0.2, 0.25) is 0 Å². The van der Waals surface area contributed by atoms with Crippen LogP contribution in [0.4, 0.5) is 0 Å². The van der Waals surface area contributed by atoms with Gasteiger partial charge >= 0.3 is 0 Å². The van der Waals surface area contributed by atoms with E-state index in [0.29, 0.717) is 6.54 Å². The molecule has 5 N–H and O–H groups in total. The van der Waals surface area contributed by atoms with Crippen molar-refractivity contribution >= 4 is 10.9 Å². The van der Waals surface area contributed by atoms with Crippen molar-refractivity contribution in [1.29, 1.82) is 0 Å². The molecule has 0 radical (unpaired) electrons. The molecule has 0 unspecified atom stereocenters. The van der Waals surface area contributed by atoms with Gasteiger partial charge in [0.05, 0.1) is 24.0 Å². The Bertz CT molecular complexity index is 711. The second-order valence-electron chi connectivity index (χ2n) is 4.27. The molecule has 0 saturated carbocycles. The van der Waals surface area contributed by atoms with Gasteiger partial charge in [-0.1, -0.05) is 12.1 Å². The van der Waals surface area contributed by atoms with Crippen LogP contribution in [0.5, 0.6) is 5.75 Å². The van der Waals surface area contributed by atoms with Crippen molar-refractivity contribution in [2.75, 3.05) is 0 Å². The van der Waals surface area contributed by atoms with Gasteiger partial charge in [-0.3, -0.25) is 0 Å². The number of nitrogens with two attached hydrogens (primary N) is 1. The third-order valence-corrected chi connectivity index (χ3v) is 3.09. The Labute approximate surface area is 104 Å². The highest BCUT2D eigenvalue weighted by molar-refractivity contribution is 5.99. The molecule has 0 amide bonds. The Kier molecular flexibility index (Phi) is 2.34. The molecule has 2 heterocycles. The van der Waals surface area contributed by atoms with E-state index >= 15 is 0 Å². The minimum Gasteiger partial charge on any atom is -0.506 e. The molecule has 0 saturated heterocycles. The molecule has 0 bridgehead atoms. The average molecular weight is 242 g/mol. The molecular formula is C13H14N4O. The molecule has 5 heteroatoms. The summed E-state index contributed by atoms with van der Waals surface area (Å²) in [5.41, 5.74) is 9.21. The van der Waals surface area contributed by atoms with Crippen LogP contribution in [0.3, 0.4) is 0 Å². The fraction of sp³-hybridized carbons (Fsp3) is 0.154. The molecule has 0 aliphatic rings. The molecule has 2 aromatic heterocycles. The summed E-state index contributed by atoms with van der Waals surface area (Å²) >= 11 is 0. The smallest absolute Gasteiger partial charge is 0.139 e. The van der Waals surface area contributed by atoms with Gasteiger partial charge < -0.3 is 20.8 Å². The number of imidazole rings is 1. The third kappa shape index (κ3) is 1.48. The molecule has 0 atom stereocenters. The lowest BCUT2D eigenvalue weighted by Crippen LogP contribution is -1.97. The number of benzene rings is 1. The lowest BCUT2D eigenvalue weighted by molar-refractivity contribution is 0.480. The van der Waals surface area contributed by atoms with Crippen molar-refractivity contribution in [3.63, 3.8) is 0 Å². The topological polar surface area (TPSA) is 90.7 Å². The third-order valence-electron chi connectivity index (χ3n) is 3.09. The Balaban J connectivity index is 2.28. The Morgan fingerprint density at radius 2 is 2.17 bits per heavy atom. The standard InChI is InChI=1S/C13H14N4O/c1-7-12(9-6-15-11(5-14)17-9)8-3-2-4-10(18)13(8)16-7/h2-4,6,16,18H,5,14H2,1H3,(H,15,17). The first-order chi connectivity index (χ1) is 8.70. The van der Waals surface area contributed by atoms with Crippen molar-refractivity contribution in [2.24, 2.45) is 5.73 Å². The number of aromatic amines is 2. The first-order valence-corrected chi connectivity index (χ1v) is 5.75. The summed E-state index contributed by atoms with van der Waals surface area (Å²) < 4.78 is 0. The summed E-state index contributed by atoms with van der Waals surface area (Å²) in [4.78, 5) is 10.6. The Morgan fingerprint density at radius 3 is 2.89 bits per heavy atom. The normalized spacial score (nSPS) is 11.2. The van der Waals surface area contributed by atoms with Crippen LogP contribution in [-0.4, -0.2) is 20.1 Å². The van der Waals surface area contributed by atoms with Crippen LogP contribution in [0.25, 0.3) is 22.2 Å². The zero-order valence-corrected chi connectivity index (χ0v) is 9.99. The molecule has 0 fully saturated rings. The minimum absolute atomic E-state index is 0.250. The summed E-state index contributed by atoms with van der Waals surface area (Å²) in [5, 5.41) is 10.8. The average Bonchev–Trinajstić information content (AvgIpc) is 2.93. The Hall–Kier alpha value is -2.27. The highest BCUT2D eigenvalue weighted by Gasteiger charge is 2.14. The molecule has 0 aliphatic heterocycles. The highest BCUT2D eigenvalue weighted by atomic mass is 16.3. The number of nitrogens with one attached hydrogen (secondary N) is 2. The van der Waals surface area contributed by atoms with Gasteiger partial charge in [-0.2, -0.15) is 0 Å². The fourth-order valence-electron chi connectivity index (χ4n) is 2.27. The summed E-state index contributed by atoms with van der Waals surface area (Å²) in [5.74, 6) is 0.999. The second kappa shape index (κ2) is 3.89. The molecule has 3 aromatic rings. The van der Waals surface area contributed by atoms with Crippen molar-refractivity contribution in [3.05, 3.63) is 35.9 Å². The molecule has 0 aliphatic carbocycles. The summed E-state index contributed by atoms with van der Waals surface area (Å²) in [6.07, 6.45) is 1.77. The predicted molar refractivity (Wildman–Crippen MR) is 70.2 cm³/mol. The summed E-state index contributed by atoms with van der Waals surface area (Å²) in [6.45, 7) is 2.35. The van der Waals surface area contributed by atoms with E-state index in [1.165, 1.54) is 0 Å². The fourth-order valence-corrected chi connectivity index (χ4v) is 2.27. The molecule has 3 rings (SSSR count). The number of rotatable bonds is 2. The molecular weight excluding hydrogens is 228 g/mol. The first kappa shape index (κ1) is 10.9. The van der Waals surface area contributed by atoms with E-state index in [1.54, 1.807) is 12.3 Å². The number of H-pyrrole nitrogens is 2. The van der Waals surface area contributed by atoms with E-state index in [9.17, 15) is 5.11 Å². The zero-order valence-electron chi connectivity index (χ0n) is 9.99. The highest BCUT2D eigenvalue weighted by Crippen LogP contribution is 2.34. The second-order valence-corrected chi connectivity index (χ2v) is 4.27. The van der Waals surface area contributed by atoms with Crippen LogP contribution in [-0.2, 0) is 6.54 Å². The molecule has 1 aromatic carbocycles. The largest absolute Gasteiger partial charge is 0.506 e. The van der Waals surface area contributed by atoms with Gasteiger partial charge in [-0.15, -0.1) is 0 Å². The van der Waals surface area contributed by atoms with Crippen molar-refractivity contribution in [1.82, 2.24) is 15.0 Å². The van der Waals surface area contributed by atoms with Crippen molar-refractivity contribution in [3.8, 4) is 17.0 Å². The van der Waals surface area contributed by atoms with Gasteiger partial charge in [0.1, 0.15) is 11.6 Å². The number of phenolic OH excluding ortho intramolecular Hbond substituents is 1. The maximum Gasteiger partial charge on any atom is 0.139 e. The SMILES string of the molecule is Cc1[nH]c2c(O)cccc2c1-c1cnc(CN)[nH]1. The minimum atomic E-state index is 0.250. The lowest BCUT2D eigenvalue weighted by Gasteiger charge is -1.98. The number of fused-ring (bicyclic) bond motifs is 1. The summed E-state index contributed by atoms with van der Waals surface area (Å²) in [6, 6.07) is 5.46. The van der Waals surface area contributed by atoms with E-state index in [2.05, 4.69) is 15.0 Å². The molecule has 0 spiro atoms. The van der Waals surface area contributed by atoms with Gasteiger partial charge in [0.15, 0.2) is 0 Å². The van der Waals surface area contributed by atoms with Gasteiger partial charge in [-0.05, 0) is 13.0 Å². The number of hydrogen-bond donors (Lipinski definition) is 4. The van der Waals surface area contributed by atoms with E-state index in [1.807, 2.05) is 19.1 Å². The van der Waals surface area contributed by atoms with E-state index < -0.39 is 0 Å². The number of para-hydroxylation sites is 1. The molecule has 92 valence electrons. The number of nitrogens with zero attached hydrogens (tertiary/aromatic N) is 1. The van der Waals surface area contributed by atoms with Crippen molar-refractivity contribution < 1.29 is 5.11 Å². The van der Waals surface area contributed by atoms with Gasteiger partial charge in [0.2, 0.25) is 0 Å². The monoisotopic (exact) mass is 242 g/mol. The number of aryl methyl sites for hydroxylation is 1. The van der Waals surface area contributed by atoms with Crippen LogP contribution >= 0.6 is 0 Å². The van der Waals surface area contributed by atoms with Gasteiger partial charge in [0, 0.05) is 16.6 Å². The van der Waals surface area contributed by atoms with Crippen LogP contribution in [0.1, 0.15) is 11.5 Å². The van der Waals surface area contributed by atoms with Gasteiger partial charge in [0.25, 0.3) is 0 Å². The van der Waals surface area contributed by atoms with Crippen LogP contribution in [0.15, 0.2) is 24.4 Å². The van der Waals surface area contributed by atoms with E-state index in [4.69, 9.17) is 5.73 Å². The number of aromatic hydroxyl groups is 1. The van der Waals surface area contributed by atoms with Crippen LogP contribution in [0, 0.1) is 6.92 Å². The van der Waals surface area contributed by atoms with Crippen LogP contribution < -0.4 is 5.73 Å². The van der Waals surface area contributed by atoms with Crippen molar-refractivity contribution in [2.45, 2.75) is 13.5 Å². The lowest BCUT2D eigenvalue weighted by atomic mass is 10.1. The van der Waals surface area contributed by atoms with E-state index in [-0.39, 0.29) is 5.75 Å². The zero-order chi connectivity index (χ0) is 12.7. The first-order valence-electron chi connectivity index (χ1n) is 5.75. The number of aromatic nitrogens is 3. The Morgan fingerprint density at radius 1 is 1.33 bits per heavy atom. The molecule has 5 nitrogen and oxygen atoms in total. The number of hydrogen-bond acceptors (Lipinski definition) is 3. The maximum absolute atomic E-state index is 9.83. The summed E-state index contributed by atoms with van der Waals surface area (Å²) in [7, 11) is 0. The quantitative estimate of drug-likeness (QED) is 0.554. The van der Waals surface area contributed by atoms with E-state index in [0.717, 1.165) is 33.7 Å².